The topological polar surface area (TPSA) is 92.5 Å². The van der Waals surface area contributed by atoms with Crippen LogP contribution in [0.4, 0.5) is 5.69 Å². The van der Waals surface area contributed by atoms with Crippen molar-refractivity contribution in [3.8, 4) is 0 Å². The first kappa shape index (κ1) is 14.6. The van der Waals surface area contributed by atoms with E-state index in [0.717, 1.165) is 5.56 Å². The minimum Gasteiger partial charge on any atom is -0.478 e. The molecule has 7 nitrogen and oxygen atoms in total. The van der Waals surface area contributed by atoms with Gasteiger partial charge in [0.15, 0.2) is 0 Å². The van der Waals surface area contributed by atoms with Gasteiger partial charge in [-0.1, -0.05) is 6.07 Å². The van der Waals surface area contributed by atoms with Crippen LogP contribution in [0.1, 0.15) is 22.8 Å². The van der Waals surface area contributed by atoms with Gasteiger partial charge in [-0.15, -0.1) is 0 Å². The predicted molar refractivity (Wildman–Crippen MR) is 79.5 cm³/mol. The maximum absolute atomic E-state index is 12.7. The third-order valence-electron chi connectivity index (χ3n) is 3.71. The molecule has 0 atom stereocenters. The van der Waals surface area contributed by atoms with Crippen molar-refractivity contribution in [2.24, 2.45) is 0 Å². The van der Waals surface area contributed by atoms with Crippen molar-refractivity contribution in [1.82, 2.24) is 9.78 Å². The Hall–Kier alpha value is -2.35. The van der Waals surface area contributed by atoms with Crippen molar-refractivity contribution in [2.45, 2.75) is 24.8 Å². The van der Waals surface area contributed by atoms with Crippen molar-refractivity contribution in [2.75, 3.05) is 10.8 Å². The molecule has 0 aliphatic carbocycles. The van der Waals surface area contributed by atoms with Crippen LogP contribution in [-0.4, -0.2) is 35.8 Å². The fourth-order valence-corrected chi connectivity index (χ4v) is 3.96. The van der Waals surface area contributed by atoms with Crippen molar-refractivity contribution in [3.63, 3.8) is 0 Å². The SMILES string of the molecule is CCn1cc(S(=O)(=O)N2CCc3ccc(C(=O)O)cc32)cn1. The number of aromatic nitrogens is 2. The third-order valence-corrected chi connectivity index (χ3v) is 5.47. The first-order valence-electron chi connectivity index (χ1n) is 6.85. The van der Waals surface area contributed by atoms with E-state index < -0.39 is 16.0 Å². The molecule has 0 spiro atoms. The number of carbonyl (C=O) groups is 1. The summed E-state index contributed by atoms with van der Waals surface area (Å²) in [4.78, 5) is 11.2. The van der Waals surface area contributed by atoms with Crippen LogP contribution < -0.4 is 4.31 Å². The first-order valence-corrected chi connectivity index (χ1v) is 8.29. The number of rotatable bonds is 4. The van der Waals surface area contributed by atoms with E-state index in [1.807, 2.05) is 6.92 Å². The molecule has 0 saturated heterocycles. The highest BCUT2D eigenvalue weighted by molar-refractivity contribution is 7.92. The second kappa shape index (κ2) is 5.13. The molecule has 0 amide bonds. The van der Waals surface area contributed by atoms with Crippen LogP contribution >= 0.6 is 0 Å². The number of anilines is 1. The molecule has 2 heterocycles. The normalized spacial score (nSPS) is 14.1. The molecule has 0 fully saturated rings. The summed E-state index contributed by atoms with van der Waals surface area (Å²) in [5.74, 6) is -1.08. The van der Waals surface area contributed by atoms with Gasteiger partial charge < -0.3 is 5.11 Å². The van der Waals surface area contributed by atoms with Crippen LogP contribution in [0.2, 0.25) is 0 Å². The van der Waals surface area contributed by atoms with Gasteiger partial charge in [0, 0.05) is 19.3 Å². The molecule has 0 saturated carbocycles. The summed E-state index contributed by atoms with van der Waals surface area (Å²) in [5.41, 5.74) is 1.34. The summed E-state index contributed by atoms with van der Waals surface area (Å²) >= 11 is 0. The second-order valence-corrected chi connectivity index (χ2v) is 6.87. The number of sulfonamides is 1. The average molecular weight is 321 g/mol. The molecule has 1 aromatic heterocycles. The van der Waals surface area contributed by atoms with Gasteiger partial charge in [0.25, 0.3) is 10.0 Å². The monoisotopic (exact) mass is 321 g/mol. The smallest absolute Gasteiger partial charge is 0.335 e. The molecule has 0 bridgehead atoms. The number of fused-ring (bicyclic) bond motifs is 1. The highest BCUT2D eigenvalue weighted by Gasteiger charge is 2.32. The second-order valence-electron chi connectivity index (χ2n) is 5.01. The van der Waals surface area contributed by atoms with E-state index in [2.05, 4.69) is 5.10 Å². The van der Waals surface area contributed by atoms with Crippen molar-refractivity contribution >= 4 is 21.7 Å². The Morgan fingerprint density at radius 2 is 2.18 bits per heavy atom. The van der Waals surface area contributed by atoms with E-state index >= 15 is 0 Å². The summed E-state index contributed by atoms with van der Waals surface area (Å²) in [6.45, 7) is 2.75. The summed E-state index contributed by atoms with van der Waals surface area (Å²) in [7, 11) is -3.73. The van der Waals surface area contributed by atoms with Gasteiger partial charge in [-0.2, -0.15) is 5.10 Å². The zero-order valence-electron chi connectivity index (χ0n) is 11.9. The van der Waals surface area contributed by atoms with Crippen LogP contribution in [0.3, 0.4) is 0 Å². The largest absolute Gasteiger partial charge is 0.478 e. The van der Waals surface area contributed by atoms with Crippen LogP contribution in [0.5, 0.6) is 0 Å². The molecule has 116 valence electrons. The molecule has 3 rings (SSSR count). The van der Waals surface area contributed by atoms with Crippen molar-refractivity contribution in [3.05, 3.63) is 41.7 Å². The number of carboxylic acid groups (broad SMARTS) is 1. The molecule has 1 aliphatic heterocycles. The predicted octanol–water partition coefficient (Wildman–Crippen LogP) is 1.35. The zero-order chi connectivity index (χ0) is 15.9. The summed E-state index contributed by atoms with van der Waals surface area (Å²) in [5, 5.41) is 13.1. The lowest BCUT2D eigenvalue weighted by atomic mass is 10.1. The highest BCUT2D eigenvalue weighted by atomic mass is 32.2. The third kappa shape index (κ3) is 2.25. The Balaban J connectivity index is 2.04. The van der Waals surface area contributed by atoms with Gasteiger partial charge in [0.1, 0.15) is 4.90 Å². The molecule has 2 aromatic rings. The van der Waals surface area contributed by atoms with Crippen LogP contribution in [0.25, 0.3) is 0 Å². The molecule has 22 heavy (non-hydrogen) atoms. The minimum absolute atomic E-state index is 0.0742. The average Bonchev–Trinajstić information content (AvgIpc) is 3.13. The molecule has 1 aliphatic rings. The number of aromatic carboxylic acids is 1. The summed E-state index contributed by atoms with van der Waals surface area (Å²) in [6.07, 6.45) is 3.36. The standard InChI is InChI=1S/C14H15N3O4S/c1-2-16-9-12(8-15-16)22(20,21)17-6-5-10-3-4-11(14(18)19)7-13(10)17/h3-4,7-9H,2,5-6H2,1H3,(H,18,19). The highest BCUT2D eigenvalue weighted by Crippen LogP contribution is 2.33. The Labute approximate surface area is 127 Å². The van der Waals surface area contributed by atoms with Crippen molar-refractivity contribution in [1.29, 1.82) is 0 Å². The number of hydrogen-bond donors (Lipinski definition) is 1. The van der Waals surface area contributed by atoms with Crippen LogP contribution in [0, 0.1) is 0 Å². The Morgan fingerprint density at radius 3 is 2.82 bits per heavy atom. The molecular weight excluding hydrogens is 306 g/mol. The number of benzene rings is 1. The fraction of sp³-hybridized carbons (Fsp3) is 0.286. The summed E-state index contributed by atoms with van der Waals surface area (Å²) in [6, 6.07) is 4.57. The number of aryl methyl sites for hydroxylation is 1. The molecule has 1 N–H and O–H groups in total. The molecule has 8 heteroatoms. The fourth-order valence-electron chi connectivity index (χ4n) is 2.51. The lowest BCUT2D eigenvalue weighted by Gasteiger charge is -2.18. The summed E-state index contributed by atoms with van der Waals surface area (Å²) < 4.78 is 28.3. The number of nitrogens with zero attached hydrogens (tertiary/aromatic N) is 3. The quantitative estimate of drug-likeness (QED) is 0.917. The van der Waals surface area contributed by atoms with E-state index in [-0.39, 0.29) is 10.5 Å². The molecule has 1 aromatic carbocycles. The van der Waals surface area contributed by atoms with E-state index in [9.17, 15) is 13.2 Å². The molecular formula is C14H15N3O4S. The van der Waals surface area contributed by atoms with E-state index in [1.165, 1.54) is 33.5 Å². The van der Waals surface area contributed by atoms with Crippen LogP contribution in [-0.2, 0) is 23.0 Å². The van der Waals surface area contributed by atoms with E-state index in [0.29, 0.717) is 25.2 Å². The number of carboxylic acids is 1. The van der Waals surface area contributed by atoms with Gasteiger partial charge >= 0.3 is 5.97 Å². The lowest BCUT2D eigenvalue weighted by molar-refractivity contribution is 0.0697. The van der Waals surface area contributed by atoms with Gasteiger partial charge in [-0.3, -0.25) is 8.99 Å². The maximum atomic E-state index is 12.7. The maximum Gasteiger partial charge on any atom is 0.335 e. The molecule has 0 unspecified atom stereocenters. The number of hydrogen-bond acceptors (Lipinski definition) is 4. The van der Waals surface area contributed by atoms with E-state index in [1.54, 1.807) is 6.07 Å². The van der Waals surface area contributed by atoms with Gasteiger partial charge in [0.05, 0.1) is 17.4 Å². The Morgan fingerprint density at radius 1 is 1.41 bits per heavy atom. The van der Waals surface area contributed by atoms with Crippen LogP contribution in [0.15, 0.2) is 35.5 Å². The lowest BCUT2D eigenvalue weighted by Crippen LogP contribution is -2.29. The van der Waals surface area contributed by atoms with E-state index in [4.69, 9.17) is 5.11 Å². The minimum atomic E-state index is -3.73. The Bertz CT molecular complexity index is 842. The van der Waals surface area contributed by atoms with Gasteiger partial charge in [-0.05, 0) is 31.0 Å². The first-order chi connectivity index (χ1) is 10.4. The van der Waals surface area contributed by atoms with Gasteiger partial charge in [-0.25, -0.2) is 13.2 Å². The Kier molecular flexibility index (Phi) is 3.40. The zero-order valence-corrected chi connectivity index (χ0v) is 12.7. The van der Waals surface area contributed by atoms with Crippen molar-refractivity contribution < 1.29 is 18.3 Å². The van der Waals surface area contributed by atoms with Gasteiger partial charge in [0.2, 0.25) is 0 Å². The molecule has 0 radical (unpaired) electrons.